The van der Waals surface area contributed by atoms with Crippen molar-refractivity contribution >= 4 is 10.8 Å². The Hall–Kier alpha value is -1.54. The molecule has 70 valence electrons. The van der Waals surface area contributed by atoms with Crippen molar-refractivity contribution < 1.29 is 9.47 Å². The second kappa shape index (κ2) is 3.00. The second-order valence-electron chi connectivity index (χ2n) is 3.36. The normalized spacial score (nSPS) is 19.6. The molecule has 1 atom stereocenters. The van der Waals surface area contributed by atoms with Gasteiger partial charge >= 0.3 is 0 Å². The number of fused-ring (bicyclic) bond motifs is 1. The standard InChI is InChI=1S/C12H10O2/c1-2-6-10-9(4-1)5-3-7-11(10)14-12-8-13-12/h1-7,12H,8H2/t12-/m0/s1. The SMILES string of the molecule is c1ccc2c(O[C@H]3CO3)cccc2c1. The van der Waals surface area contributed by atoms with E-state index < -0.39 is 0 Å². The highest BCUT2D eigenvalue weighted by atomic mass is 16.8. The summed E-state index contributed by atoms with van der Waals surface area (Å²) in [5.41, 5.74) is 0. The minimum Gasteiger partial charge on any atom is -0.462 e. The van der Waals surface area contributed by atoms with E-state index in [1.54, 1.807) is 0 Å². The average Bonchev–Trinajstić information content (AvgIpc) is 3.03. The van der Waals surface area contributed by atoms with Gasteiger partial charge in [-0.2, -0.15) is 0 Å². The summed E-state index contributed by atoms with van der Waals surface area (Å²) in [6.07, 6.45) is -0.0270. The quantitative estimate of drug-likeness (QED) is 0.672. The first-order valence-electron chi connectivity index (χ1n) is 4.69. The van der Waals surface area contributed by atoms with Crippen LogP contribution in [0.25, 0.3) is 10.8 Å². The van der Waals surface area contributed by atoms with E-state index in [-0.39, 0.29) is 6.29 Å². The van der Waals surface area contributed by atoms with Crippen LogP contribution >= 0.6 is 0 Å². The Bertz CT molecular complexity index is 455. The summed E-state index contributed by atoms with van der Waals surface area (Å²) in [4.78, 5) is 0. The van der Waals surface area contributed by atoms with E-state index in [0.29, 0.717) is 6.61 Å². The molecule has 2 aromatic rings. The molecule has 1 saturated heterocycles. The molecule has 1 heterocycles. The lowest BCUT2D eigenvalue weighted by molar-refractivity contribution is 0.181. The van der Waals surface area contributed by atoms with Gasteiger partial charge in [0.15, 0.2) is 0 Å². The molecule has 0 aliphatic carbocycles. The Labute approximate surface area is 82.1 Å². The number of hydrogen-bond acceptors (Lipinski definition) is 2. The minimum atomic E-state index is -0.0270. The van der Waals surface area contributed by atoms with Crippen LogP contribution in [-0.2, 0) is 4.74 Å². The van der Waals surface area contributed by atoms with Gasteiger partial charge in [0.05, 0.1) is 0 Å². The zero-order chi connectivity index (χ0) is 9.38. The molecule has 2 nitrogen and oxygen atoms in total. The summed E-state index contributed by atoms with van der Waals surface area (Å²) in [6, 6.07) is 14.2. The van der Waals surface area contributed by atoms with Crippen LogP contribution in [0.15, 0.2) is 42.5 Å². The number of rotatable bonds is 2. The van der Waals surface area contributed by atoms with Gasteiger partial charge in [0.2, 0.25) is 6.29 Å². The maximum Gasteiger partial charge on any atom is 0.223 e. The molecule has 14 heavy (non-hydrogen) atoms. The maximum atomic E-state index is 5.62. The fourth-order valence-corrected chi connectivity index (χ4v) is 1.55. The van der Waals surface area contributed by atoms with Gasteiger partial charge in [-0.05, 0) is 11.5 Å². The topological polar surface area (TPSA) is 21.8 Å². The highest BCUT2D eigenvalue weighted by Gasteiger charge is 2.25. The van der Waals surface area contributed by atoms with Crippen LogP contribution in [0.4, 0.5) is 0 Å². The lowest BCUT2D eigenvalue weighted by atomic mass is 10.1. The van der Waals surface area contributed by atoms with Crippen molar-refractivity contribution in [2.24, 2.45) is 0 Å². The molecule has 0 spiro atoms. The first kappa shape index (κ1) is 7.83. The van der Waals surface area contributed by atoms with E-state index in [0.717, 1.165) is 11.1 Å². The van der Waals surface area contributed by atoms with E-state index in [2.05, 4.69) is 18.2 Å². The average molecular weight is 186 g/mol. The van der Waals surface area contributed by atoms with Crippen molar-refractivity contribution in [3.8, 4) is 5.75 Å². The first-order chi connectivity index (χ1) is 6.93. The molecule has 1 aliphatic heterocycles. The Morgan fingerprint density at radius 3 is 2.71 bits per heavy atom. The second-order valence-corrected chi connectivity index (χ2v) is 3.36. The van der Waals surface area contributed by atoms with Crippen molar-refractivity contribution in [2.45, 2.75) is 6.29 Å². The van der Waals surface area contributed by atoms with E-state index >= 15 is 0 Å². The summed E-state index contributed by atoms with van der Waals surface area (Å²) in [5, 5.41) is 2.34. The monoisotopic (exact) mass is 186 g/mol. The van der Waals surface area contributed by atoms with Crippen LogP contribution in [0.2, 0.25) is 0 Å². The Morgan fingerprint density at radius 1 is 1.07 bits per heavy atom. The number of benzene rings is 2. The van der Waals surface area contributed by atoms with E-state index in [9.17, 15) is 0 Å². The highest BCUT2D eigenvalue weighted by molar-refractivity contribution is 5.88. The van der Waals surface area contributed by atoms with Gasteiger partial charge in [-0.25, -0.2) is 0 Å². The molecule has 0 N–H and O–H groups in total. The van der Waals surface area contributed by atoms with Crippen molar-refractivity contribution in [3.63, 3.8) is 0 Å². The van der Waals surface area contributed by atoms with Crippen LogP contribution in [-0.4, -0.2) is 12.9 Å². The smallest absolute Gasteiger partial charge is 0.223 e. The number of epoxide rings is 1. The maximum absolute atomic E-state index is 5.62. The first-order valence-corrected chi connectivity index (χ1v) is 4.69. The molecule has 0 amide bonds. The lowest BCUT2D eigenvalue weighted by Crippen LogP contribution is -1.97. The molecule has 1 aliphatic rings. The van der Waals surface area contributed by atoms with Gasteiger partial charge < -0.3 is 9.47 Å². The van der Waals surface area contributed by atoms with Crippen LogP contribution in [0.3, 0.4) is 0 Å². The van der Waals surface area contributed by atoms with Gasteiger partial charge in [-0.15, -0.1) is 0 Å². The Morgan fingerprint density at radius 2 is 1.86 bits per heavy atom. The zero-order valence-electron chi connectivity index (χ0n) is 7.64. The number of hydrogen-bond donors (Lipinski definition) is 0. The Balaban J connectivity index is 2.11. The summed E-state index contributed by atoms with van der Waals surface area (Å²) in [6.45, 7) is 0.712. The number of ether oxygens (including phenoxy) is 2. The lowest BCUT2D eigenvalue weighted by Gasteiger charge is -2.05. The third kappa shape index (κ3) is 1.34. The van der Waals surface area contributed by atoms with Gasteiger partial charge in [0.25, 0.3) is 0 Å². The molecule has 1 fully saturated rings. The molecule has 0 aromatic heterocycles. The van der Waals surface area contributed by atoms with Crippen LogP contribution in [0.1, 0.15) is 0 Å². The van der Waals surface area contributed by atoms with E-state index in [1.165, 1.54) is 5.39 Å². The predicted molar refractivity (Wildman–Crippen MR) is 54.3 cm³/mol. The fourth-order valence-electron chi connectivity index (χ4n) is 1.55. The van der Waals surface area contributed by atoms with Crippen LogP contribution in [0, 0.1) is 0 Å². The van der Waals surface area contributed by atoms with Gasteiger partial charge in [0.1, 0.15) is 12.4 Å². The Kier molecular flexibility index (Phi) is 1.67. The van der Waals surface area contributed by atoms with Gasteiger partial charge in [-0.3, -0.25) is 0 Å². The van der Waals surface area contributed by atoms with Crippen molar-refractivity contribution in [1.82, 2.24) is 0 Å². The zero-order valence-corrected chi connectivity index (χ0v) is 7.64. The summed E-state index contributed by atoms with van der Waals surface area (Å²) >= 11 is 0. The fraction of sp³-hybridized carbons (Fsp3) is 0.167. The van der Waals surface area contributed by atoms with Crippen LogP contribution in [0.5, 0.6) is 5.75 Å². The molecule has 3 rings (SSSR count). The minimum absolute atomic E-state index is 0.0270. The predicted octanol–water partition coefficient (Wildman–Crippen LogP) is 2.57. The van der Waals surface area contributed by atoms with Gasteiger partial charge in [-0.1, -0.05) is 36.4 Å². The van der Waals surface area contributed by atoms with E-state index in [1.807, 2.05) is 24.3 Å². The van der Waals surface area contributed by atoms with Gasteiger partial charge in [0, 0.05) is 5.39 Å². The molecule has 0 radical (unpaired) electrons. The summed E-state index contributed by atoms with van der Waals surface area (Å²) in [5.74, 6) is 0.908. The van der Waals surface area contributed by atoms with E-state index in [4.69, 9.17) is 9.47 Å². The van der Waals surface area contributed by atoms with Crippen molar-refractivity contribution in [2.75, 3.05) is 6.61 Å². The largest absolute Gasteiger partial charge is 0.462 e. The molecule has 2 heteroatoms. The third-order valence-electron chi connectivity index (χ3n) is 2.31. The molecular weight excluding hydrogens is 176 g/mol. The highest BCUT2D eigenvalue weighted by Crippen LogP contribution is 2.28. The van der Waals surface area contributed by atoms with Crippen molar-refractivity contribution in [3.05, 3.63) is 42.5 Å². The molecular formula is C12H10O2. The molecule has 2 aromatic carbocycles. The van der Waals surface area contributed by atoms with Crippen LogP contribution < -0.4 is 4.74 Å². The van der Waals surface area contributed by atoms with Crippen molar-refractivity contribution in [1.29, 1.82) is 0 Å². The summed E-state index contributed by atoms with van der Waals surface area (Å²) < 4.78 is 10.7. The molecule has 0 unspecified atom stereocenters. The summed E-state index contributed by atoms with van der Waals surface area (Å²) in [7, 11) is 0. The molecule has 0 saturated carbocycles. The molecule has 0 bridgehead atoms. The third-order valence-corrected chi connectivity index (χ3v) is 2.31.